The molecule has 0 saturated carbocycles. The summed E-state index contributed by atoms with van der Waals surface area (Å²) in [6, 6.07) is 10.9. The van der Waals surface area contributed by atoms with Crippen LogP contribution in [0.3, 0.4) is 0 Å². The summed E-state index contributed by atoms with van der Waals surface area (Å²) < 4.78 is 5.47. The molecule has 1 aliphatic rings. The maximum atomic E-state index is 13.0. The Kier molecular flexibility index (Phi) is 6.01. The van der Waals surface area contributed by atoms with Gasteiger partial charge < -0.3 is 14.9 Å². The molecule has 2 aromatic carbocycles. The van der Waals surface area contributed by atoms with Crippen molar-refractivity contribution in [2.24, 2.45) is 0 Å². The molecule has 0 fully saturated rings. The fourth-order valence-corrected chi connectivity index (χ4v) is 3.10. The zero-order valence-electron chi connectivity index (χ0n) is 16.5. The van der Waals surface area contributed by atoms with Crippen LogP contribution in [0.5, 0.6) is 11.5 Å². The van der Waals surface area contributed by atoms with Gasteiger partial charge in [-0.05, 0) is 44.2 Å². The van der Waals surface area contributed by atoms with E-state index in [-0.39, 0.29) is 23.1 Å². The summed E-state index contributed by atoms with van der Waals surface area (Å²) >= 11 is 0. The van der Waals surface area contributed by atoms with Gasteiger partial charge in [-0.25, -0.2) is 4.79 Å². The van der Waals surface area contributed by atoms with E-state index in [2.05, 4.69) is 5.32 Å². The molecule has 0 aromatic heterocycles. The van der Waals surface area contributed by atoms with Gasteiger partial charge in [0.15, 0.2) is 11.6 Å². The predicted octanol–water partition coefficient (Wildman–Crippen LogP) is 4.38. The molecule has 7 nitrogen and oxygen atoms in total. The third-order valence-corrected chi connectivity index (χ3v) is 4.54. The minimum atomic E-state index is -1.06. The SMILES string of the molecule is CC(C)=CC[C@@H](OC(=O)Nc1ccccc1)C1=CC(=O)c2c(O)ccc(O)c2C1=O. The van der Waals surface area contributed by atoms with Crippen LogP contribution in [0.15, 0.2) is 65.8 Å². The van der Waals surface area contributed by atoms with E-state index in [0.717, 1.165) is 23.8 Å². The van der Waals surface area contributed by atoms with Gasteiger partial charge in [0.05, 0.1) is 11.1 Å². The van der Waals surface area contributed by atoms with Crippen LogP contribution < -0.4 is 5.32 Å². The van der Waals surface area contributed by atoms with Gasteiger partial charge in [-0.15, -0.1) is 0 Å². The molecule has 3 N–H and O–H groups in total. The topological polar surface area (TPSA) is 113 Å². The second-order valence-electron chi connectivity index (χ2n) is 7.05. The molecule has 0 saturated heterocycles. The Hall–Kier alpha value is -3.87. The molecule has 0 heterocycles. The number of phenolic OH excluding ortho intramolecular Hbond substituents is 2. The molecule has 1 amide bonds. The normalized spacial score (nSPS) is 13.7. The molecule has 3 rings (SSSR count). The first-order valence-corrected chi connectivity index (χ1v) is 9.29. The zero-order valence-corrected chi connectivity index (χ0v) is 16.5. The van der Waals surface area contributed by atoms with Gasteiger partial charge in [0, 0.05) is 17.7 Å². The number of fused-ring (bicyclic) bond motifs is 1. The van der Waals surface area contributed by atoms with Gasteiger partial charge in [-0.3, -0.25) is 14.9 Å². The third kappa shape index (κ3) is 4.41. The summed E-state index contributed by atoms with van der Waals surface area (Å²) in [5.74, 6) is -2.17. The number of carbonyl (C=O) groups is 3. The lowest BCUT2D eigenvalue weighted by atomic mass is 9.85. The second-order valence-corrected chi connectivity index (χ2v) is 7.05. The van der Waals surface area contributed by atoms with E-state index in [0.29, 0.717) is 5.69 Å². The summed E-state index contributed by atoms with van der Waals surface area (Å²) in [7, 11) is 0. The van der Waals surface area contributed by atoms with Crippen LogP contribution in [0.25, 0.3) is 0 Å². The number of anilines is 1. The maximum Gasteiger partial charge on any atom is 0.412 e. The molecule has 30 heavy (non-hydrogen) atoms. The summed E-state index contributed by atoms with van der Waals surface area (Å²) in [6.07, 6.45) is 1.13. The molecule has 1 aliphatic carbocycles. The van der Waals surface area contributed by atoms with Crippen molar-refractivity contribution in [3.8, 4) is 11.5 Å². The van der Waals surface area contributed by atoms with E-state index in [1.807, 2.05) is 13.8 Å². The number of Topliss-reactive ketones (excluding diaryl/α,β-unsaturated/α-hetero) is 1. The van der Waals surface area contributed by atoms with Crippen LogP contribution in [-0.4, -0.2) is 34.0 Å². The monoisotopic (exact) mass is 407 g/mol. The van der Waals surface area contributed by atoms with Crippen molar-refractivity contribution in [1.29, 1.82) is 0 Å². The average molecular weight is 407 g/mol. The van der Waals surface area contributed by atoms with Gasteiger partial charge >= 0.3 is 6.09 Å². The van der Waals surface area contributed by atoms with Crippen molar-refractivity contribution >= 4 is 23.3 Å². The van der Waals surface area contributed by atoms with Crippen molar-refractivity contribution in [3.05, 3.63) is 76.9 Å². The number of aromatic hydroxyl groups is 2. The lowest BCUT2D eigenvalue weighted by molar-refractivity contribution is 0.0914. The molecule has 0 bridgehead atoms. The number of ketones is 2. The number of phenols is 2. The van der Waals surface area contributed by atoms with Crippen molar-refractivity contribution in [3.63, 3.8) is 0 Å². The molecule has 0 radical (unpaired) electrons. The molecule has 2 aromatic rings. The highest BCUT2D eigenvalue weighted by Crippen LogP contribution is 2.36. The minimum Gasteiger partial charge on any atom is -0.507 e. The minimum absolute atomic E-state index is 0.0749. The molecular weight excluding hydrogens is 386 g/mol. The van der Waals surface area contributed by atoms with Gasteiger partial charge in [0.2, 0.25) is 0 Å². The van der Waals surface area contributed by atoms with Crippen molar-refractivity contribution in [2.75, 3.05) is 5.32 Å². The maximum absolute atomic E-state index is 13.0. The van der Waals surface area contributed by atoms with Crippen LogP contribution in [0.1, 0.15) is 41.0 Å². The van der Waals surface area contributed by atoms with Crippen molar-refractivity contribution < 1.29 is 29.3 Å². The largest absolute Gasteiger partial charge is 0.507 e. The van der Waals surface area contributed by atoms with Crippen LogP contribution in [0, 0.1) is 0 Å². The van der Waals surface area contributed by atoms with E-state index in [1.165, 1.54) is 0 Å². The van der Waals surface area contributed by atoms with Crippen molar-refractivity contribution in [1.82, 2.24) is 0 Å². The number of hydrogen-bond acceptors (Lipinski definition) is 6. The Morgan fingerprint density at radius 2 is 1.67 bits per heavy atom. The van der Waals surface area contributed by atoms with Crippen LogP contribution in [-0.2, 0) is 4.74 Å². The number of rotatable bonds is 5. The molecule has 7 heteroatoms. The summed E-state index contributed by atoms with van der Waals surface area (Å²) in [4.78, 5) is 38.0. The van der Waals surface area contributed by atoms with Crippen LogP contribution in [0.4, 0.5) is 10.5 Å². The number of para-hydroxylation sites is 1. The Bertz CT molecular complexity index is 1060. The molecular formula is C23H21NO6. The predicted molar refractivity (Wildman–Crippen MR) is 111 cm³/mol. The molecule has 0 spiro atoms. The Labute approximate surface area is 173 Å². The zero-order chi connectivity index (χ0) is 21.8. The summed E-state index contributed by atoms with van der Waals surface area (Å²) in [6.45, 7) is 3.70. The van der Waals surface area contributed by atoms with E-state index < -0.39 is 35.3 Å². The van der Waals surface area contributed by atoms with E-state index >= 15 is 0 Å². The lowest BCUT2D eigenvalue weighted by Crippen LogP contribution is -2.30. The van der Waals surface area contributed by atoms with Crippen LogP contribution >= 0.6 is 0 Å². The Morgan fingerprint density at radius 3 is 2.30 bits per heavy atom. The first-order valence-electron chi connectivity index (χ1n) is 9.29. The summed E-state index contributed by atoms with van der Waals surface area (Å²) in [5, 5.41) is 22.7. The van der Waals surface area contributed by atoms with Gasteiger partial charge in [-0.1, -0.05) is 29.8 Å². The highest BCUT2D eigenvalue weighted by molar-refractivity contribution is 6.27. The number of nitrogens with one attached hydrogen (secondary N) is 1. The van der Waals surface area contributed by atoms with Gasteiger partial charge in [0.25, 0.3) is 0 Å². The number of hydrogen-bond donors (Lipinski definition) is 3. The molecule has 0 unspecified atom stereocenters. The fraction of sp³-hybridized carbons (Fsp3) is 0.174. The number of ether oxygens (including phenoxy) is 1. The first-order chi connectivity index (χ1) is 14.3. The average Bonchev–Trinajstić information content (AvgIpc) is 2.70. The molecule has 1 atom stereocenters. The highest BCUT2D eigenvalue weighted by atomic mass is 16.6. The fourth-order valence-electron chi connectivity index (χ4n) is 3.10. The number of amides is 1. The number of carbonyl (C=O) groups excluding carboxylic acids is 3. The first kappa shape index (κ1) is 20.9. The quantitative estimate of drug-likeness (QED) is 0.501. The standard InChI is InChI=1S/C23H21NO6/c1-13(2)8-11-19(30-23(29)24-14-6-4-3-5-7-14)15-12-18(27)20-16(25)9-10-17(26)21(20)22(15)28/h3-10,12,19,25-26H,11H2,1-2H3,(H,24,29)/t19-/m1/s1. The van der Waals surface area contributed by atoms with E-state index in [1.54, 1.807) is 36.4 Å². The molecule has 0 aliphatic heterocycles. The van der Waals surface area contributed by atoms with Gasteiger partial charge in [-0.2, -0.15) is 0 Å². The Morgan fingerprint density at radius 1 is 1.03 bits per heavy atom. The lowest BCUT2D eigenvalue weighted by Gasteiger charge is -2.23. The van der Waals surface area contributed by atoms with E-state index in [4.69, 9.17) is 4.74 Å². The van der Waals surface area contributed by atoms with Crippen LogP contribution in [0.2, 0.25) is 0 Å². The summed E-state index contributed by atoms with van der Waals surface area (Å²) in [5.41, 5.74) is 0.805. The van der Waals surface area contributed by atoms with E-state index in [9.17, 15) is 24.6 Å². The number of benzene rings is 2. The highest BCUT2D eigenvalue weighted by Gasteiger charge is 2.35. The van der Waals surface area contributed by atoms with Crippen molar-refractivity contribution in [2.45, 2.75) is 26.4 Å². The number of allylic oxidation sites excluding steroid dienone is 2. The Balaban J connectivity index is 1.93. The second kappa shape index (κ2) is 8.65. The smallest absolute Gasteiger partial charge is 0.412 e. The van der Waals surface area contributed by atoms with Gasteiger partial charge in [0.1, 0.15) is 17.6 Å². The third-order valence-electron chi connectivity index (χ3n) is 4.54. The molecule has 154 valence electrons.